The molecule has 0 amide bonds. The van der Waals surface area contributed by atoms with Crippen molar-refractivity contribution in [3.63, 3.8) is 0 Å². The van der Waals surface area contributed by atoms with Crippen LogP contribution in [0.15, 0.2) is 42.9 Å². The highest BCUT2D eigenvalue weighted by Crippen LogP contribution is 2.26. The molecule has 6 nitrogen and oxygen atoms in total. The lowest BCUT2D eigenvalue weighted by Gasteiger charge is -2.37. The van der Waals surface area contributed by atoms with Crippen LogP contribution < -0.4 is 4.74 Å². The molecule has 4 heterocycles. The van der Waals surface area contributed by atoms with E-state index >= 15 is 0 Å². The summed E-state index contributed by atoms with van der Waals surface area (Å²) in [7, 11) is 1.69. The van der Waals surface area contributed by atoms with Crippen molar-refractivity contribution in [3.8, 4) is 5.88 Å². The highest BCUT2D eigenvalue weighted by Gasteiger charge is 2.36. The summed E-state index contributed by atoms with van der Waals surface area (Å²) in [6, 6.07) is 8.68. The molecule has 0 N–H and O–H groups in total. The maximum atomic E-state index is 6.14. The molecule has 2 fully saturated rings. The zero-order valence-electron chi connectivity index (χ0n) is 15.3. The van der Waals surface area contributed by atoms with Crippen molar-refractivity contribution in [2.24, 2.45) is 0 Å². The predicted molar refractivity (Wildman–Crippen MR) is 98.9 cm³/mol. The van der Waals surface area contributed by atoms with Gasteiger partial charge in [0.15, 0.2) is 0 Å². The topological polar surface area (TPSA) is 50.7 Å². The number of piperazine rings is 1. The Morgan fingerprint density at radius 1 is 1.15 bits per heavy atom. The molecular weight excluding hydrogens is 328 g/mol. The second kappa shape index (κ2) is 8.12. The Morgan fingerprint density at radius 2 is 2.08 bits per heavy atom. The van der Waals surface area contributed by atoms with Crippen molar-refractivity contribution in [1.29, 1.82) is 0 Å². The van der Waals surface area contributed by atoms with E-state index in [9.17, 15) is 0 Å². The third kappa shape index (κ3) is 4.03. The first-order valence-corrected chi connectivity index (χ1v) is 9.26. The molecule has 0 radical (unpaired) electrons. The fraction of sp³-hybridized carbons (Fsp3) is 0.500. The molecule has 0 saturated carbocycles. The van der Waals surface area contributed by atoms with Crippen LogP contribution in [0.25, 0.3) is 0 Å². The highest BCUT2D eigenvalue weighted by atomic mass is 16.5. The number of rotatable bonds is 6. The number of pyridine rings is 2. The maximum Gasteiger partial charge on any atom is 0.217 e. The lowest BCUT2D eigenvalue weighted by Crippen LogP contribution is -2.49. The number of ether oxygens (including phenoxy) is 2. The molecule has 0 aliphatic carbocycles. The molecule has 2 aromatic heterocycles. The van der Waals surface area contributed by atoms with E-state index in [0.29, 0.717) is 18.8 Å². The average molecular weight is 354 g/mol. The van der Waals surface area contributed by atoms with E-state index in [4.69, 9.17) is 9.47 Å². The molecule has 2 saturated heterocycles. The van der Waals surface area contributed by atoms with Crippen LogP contribution in [0.4, 0.5) is 0 Å². The molecule has 2 aromatic rings. The van der Waals surface area contributed by atoms with Gasteiger partial charge in [-0.2, -0.15) is 0 Å². The van der Waals surface area contributed by atoms with Gasteiger partial charge in [-0.15, -0.1) is 0 Å². The Labute approximate surface area is 154 Å². The van der Waals surface area contributed by atoms with Crippen molar-refractivity contribution in [2.45, 2.75) is 31.7 Å². The molecule has 0 bridgehead atoms. The lowest BCUT2D eigenvalue weighted by molar-refractivity contribution is 0.0457. The van der Waals surface area contributed by atoms with E-state index in [2.05, 4.69) is 31.9 Å². The molecule has 2 aliphatic rings. The summed E-state index contributed by atoms with van der Waals surface area (Å²) in [4.78, 5) is 13.5. The van der Waals surface area contributed by atoms with E-state index < -0.39 is 0 Å². The number of hydrogen-bond acceptors (Lipinski definition) is 6. The van der Waals surface area contributed by atoms with Crippen LogP contribution in [0.1, 0.15) is 17.5 Å². The van der Waals surface area contributed by atoms with Crippen molar-refractivity contribution in [2.75, 3.05) is 33.3 Å². The van der Waals surface area contributed by atoms with Gasteiger partial charge in [-0.25, -0.2) is 4.98 Å². The quantitative estimate of drug-likeness (QED) is 0.790. The summed E-state index contributed by atoms with van der Waals surface area (Å²) in [6.45, 7) is 5.82. The second-order valence-electron chi connectivity index (χ2n) is 7.09. The second-order valence-corrected chi connectivity index (χ2v) is 7.09. The smallest absolute Gasteiger partial charge is 0.217 e. The number of aromatic nitrogens is 2. The van der Waals surface area contributed by atoms with E-state index in [-0.39, 0.29) is 0 Å². The lowest BCUT2D eigenvalue weighted by atomic mass is 10.1. The molecule has 0 unspecified atom stereocenters. The monoisotopic (exact) mass is 354 g/mol. The predicted octanol–water partition coefficient (Wildman–Crippen LogP) is 1.96. The van der Waals surface area contributed by atoms with Crippen LogP contribution in [-0.2, 0) is 17.9 Å². The van der Waals surface area contributed by atoms with E-state index in [0.717, 1.165) is 56.2 Å². The van der Waals surface area contributed by atoms with Crippen LogP contribution in [0.2, 0.25) is 0 Å². The van der Waals surface area contributed by atoms with Crippen molar-refractivity contribution in [1.82, 2.24) is 19.8 Å². The van der Waals surface area contributed by atoms with Gasteiger partial charge >= 0.3 is 0 Å². The van der Waals surface area contributed by atoms with E-state index in [1.807, 2.05) is 18.3 Å². The Balaban J connectivity index is 1.30. The normalized spacial score (nSPS) is 23.7. The van der Waals surface area contributed by atoms with Gasteiger partial charge in [0.1, 0.15) is 0 Å². The molecule has 2 atom stereocenters. The van der Waals surface area contributed by atoms with Crippen LogP contribution in [0.5, 0.6) is 5.88 Å². The van der Waals surface area contributed by atoms with Gasteiger partial charge in [0, 0.05) is 62.9 Å². The van der Waals surface area contributed by atoms with Crippen molar-refractivity contribution < 1.29 is 9.47 Å². The number of hydrogen-bond donors (Lipinski definition) is 0. The fourth-order valence-corrected chi connectivity index (χ4v) is 3.99. The third-order valence-electron chi connectivity index (χ3n) is 5.31. The van der Waals surface area contributed by atoms with Gasteiger partial charge in [0.25, 0.3) is 0 Å². The fourth-order valence-electron chi connectivity index (χ4n) is 3.99. The molecule has 6 heteroatoms. The van der Waals surface area contributed by atoms with Gasteiger partial charge in [0.2, 0.25) is 5.88 Å². The average Bonchev–Trinajstić information content (AvgIpc) is 3.10. The minimum Gasteiger partial charge on any atom is -0.481 e. The third-order valence-corrected chi connectivity index (χ3v) is 5.31. The summed E-state index contributed by atoms with van der Waals surface area (Å²) in [6.07, 6.45) is 6.87. The van der Waals surface area contributed by atoms with Crippen LogP contribution in [0, 0.1) is 0 Å². The zero-order chi connectivity index (χ0) is 17.8. The first kappa shape index (κ1) is 17.4. The number of fused-ring (bicyclic) bond motifs is 1. The molecular formula is C20H26N4O2. The molecule has 0 spiro atoms. The van der Waals surface area contributed by atoms with Gasteiger partial charge in [-0.1, -0.05) is 12.1 Å². The molecule has 138 valence electrons. The van der Waals surface area contributed by atoms with Gasteiger partial charge < -0.3 is 9.47 Å². The molecule has 4 rings (SSSR count). The summed E-state index contributed by atoms with van der Waals surface area (Å²) in [5.74, 6) is 0.735. The van der Waals surface area contributed by atoms with Gasteiger partial charge in [-0.05, 0) is 24.1 Å². The first-order chi connectivity index (χ1) is 12.8. The summed E-state index contributed by atoms with van der Waals surface area (Å²) in [5.41, 5.74) is 2.30. The Kier molecular flexibility index (Phi) is 5.43. The Hall–Kier alpha value is -2.02. The highest BCUT2D eigenvalue weighted by molar-refractivity contribution is 5.25. The van der Waals surface area contributed by atoms with E-state index in [1.165, 1.54) is 0 Å². The Bertz CT molecular complexity index is 712. The molecule has 0 aromatic carbocycles. The maximum absolute atomic E-state index is 6.14. The van der Waals surface area contributed by atoms with Crippen LogP contribution in [0.3, 0.4) is 0 Å². The summed E-state index contributed by atoms with van der Waals surface area (Å²) in [5, 5.41) is 0. The zero-order valence-corrected chi connectivity index (χ0v) is 15.3. The first-order valence-electron chi connectivity index (χ1n) is 9.26. The van der Waals surface area contributed by atoms with Crippen molar-refractivity contribution in [3.05, 3.63) is 54.0 Å². The van der Waals surface area contributed by atoms with Crippen LogP contribution in [-0.4, -0.2) is 65.2 Å². The number of nitrogens with zero attached hydrogens (tertiary/aromatic N) is 4. The van der Waals surface area contributed by atoms with Crippen molar-refractivity contribution >= 4 is 0 Å². The largest absolute Gasteiger partial charge is 0.481 e. The van der Waals surface area contributed by atoms with Gasteiger partial charge in [0.05, 0.1) is 19.8 Å². The standard InChI is InChI=1S/C20H26N4O2/c1-25-20-17(5-3-7-22-20)12-23-8-9-24-14-19(10-18(24)13-23)26-15-16-4-2-6-21-11-16/h2-7,11,18-19H,8-10,12-15H2,1H3/t18-,19+/m0/s1. The minimum atomic E-state index is 0.313. The summed E-state index contributed by atoms with van der Waals surface area (Å²) >= 11 is 0. The Morgan fingerprint density at radius 3 is 2.92 bits per heavy atom. The minimum absolute atomic E-state index is 0.313. The molecule has 26 heavy (non-hydrogen) atoms. The van der Waals surface area contributed by atoms with Gasteiger partial charge in [-0.3, -0.25) is 14.8 Å². The number of methoxy groups -OCH3 is 1. The van der Waals surface area contributed by atoms with E-state index in [1.54, 1.807) is 19.5 Å². The van der Waals surface area contributed by atoms with Crippen LogP contribution >= 0.6 is 0 Å². The SMILES string of the molecule is COc1ncccc1CN1CCN2C[C@H](OCc3cccnc3)C[C@H]2C1. The molecule has 2 aliphatic heterocycles. The summed E-state index contributed by atoms with van der Waals surface area (Å²) < 4.78 is 11.5.